The summed E-state index contributed by atoms with van der Waals surface area (Å²) in [5, 5.41) is 17.0. The summed E-state index contributed by atoms with van der Waals surface area (Å²) in [6.45, 7) is 0. The van der Waals surface area contributed by atoms with E-state index in [0.717, 1.165) is 5.39 Å². The molecule has 0 aliphatic heterocycles. The smallest absolute Gasteiger partial charge is 0.291 e. The van der Waals surface area contributed by atoms with Gasteiger partial charge >= 0.3 is 0 Å². The lowest BCUT2D eigenvalue weighted by Gasteiger charge is -2.09. The van der Waals surface area contributed by atoms with Crippen molar-refractivity contribution in [3.05, 3.63) is 82.6 Å². The number of ether oxygens (including phenoxy) is 2. The maximum absolute atomic E-state index is 12.7. The number of carbonyl (C=O) groups excluding carboxylic acids is 2. The minimum absolute atomic E-state index is 0.0586. The van der Waals surface area contributed by atoms with E-state index in [1.165, 1.54) is 31.5 Å². The molecule has 9 nitrogen and oxygen atoms in total. The third-order valence-corrected chi connectivity index (χ3v) is 5.32. The first kappa shape index (κ1) is 23.7. The second-order valence-electron chi connectivity index (χ2n) is 7.29. The van der Waals surface area contributed by atoms with Gasteiger partial charge in [-0.25, -0.2) is 5.43 Å². The summed E-state index contributed by atoms with van der Waals surface area (Å²) in [5.41, 5.74) is 4.22. The van der Waals surface area contributed by atoms with Gasteiger partial charge in [0.1, 0.15) is 22.8 Å². The van der Waals surface area contributed by atoms with E-state index in [0.29, 0.717) is 28.3 Å². The standard InChI is InChI=1S/C25H20ClN3O6/c1-33-18-6-8-21-16(9-18)11-23(35-21)25(32)28-17-5-3-15(22(12-17)34-2)13-27-29-24(31)14-4-7-20(30)19(26)10-14/h3-13,30H,1-2H3,(H,28,32)(H,29,31). The molecule has 0 aliphatic carbocycles. The predicted molar refractivity (Wildman–Crippen MR) is 132 cm³/mol. The van der Waals surface area contributed by atoms with Crippen molar-refractivity contribution in [2.75, 3.05) is 19.5 Å². The Labute approximate surface area is 204 Å². The van der Waals surface area contributed by atoms with Crippen molar-refractivity contribution < 1.29 is 28.6 Å². The number of amides is 2. The molecule has 2 amide bonds. The molecular weight excluding hydrogens is 474 g/mol. The zero-order chi connectivity index (χ0) is 24.9. The third-order valence-electron chi connectivity index (χ3n) is 5.02. The molecule has 0 radical (unpaired) electrons. The maximum Gasteiger partial charge on any atom is 0.291 e. The van der Waals surface area contributed by atoms with Gasteiger partial charge in [0.15, 0.2) is 5.76 Å². The summed E-state index contributed by atoms with van der Waals surface area (Å²) in [4.78, 5) is 24.9. The number of anilines is 1. The fourth-order valence-corrected chi connectivity index (χ4v) is 3.40. The van der Waals surface area contributed by atoms with Crippen molar-refractivity contribution >= 4 is 46.3 Å². The van der Waals surface area contributed by atoms with E-state index in [1.54, 1.807) is 49.6 Å². The fraction of sp³-hybridized carbons (Fsp3) is 0.0800. The van der Waals surface area contributed by atoms with Crippen molar-refractivity contribution in [1.82, 2.24) is 5.43 Å². The van der Waals surface area contributed by atoms with E-state index >= 15 is 0 Å². The van der Waals surface area contributed by atoms with Crippen molar-refractivity contribution in [3.8, 4) is 17.2 Å². The van der Waals surface area contributed by atoms with Crippen LogP contribution < -0.4 is 20.2 Å². The molecule has 3 N–H and O–H groups in total. The van der Waals surface area contributed by atoms with Gasteiger partial charge in [-0.3, -0.25) is 9.59 Å². The number of nitrogens with zero attached hydrogens (tertiary/aromatic N) is 1. The van der Waals surface area contributed by atoms with E-state index in [2.05, 4.69) is 15.8 Å². The number of furan rings is 1. The number of rotatable bonds is 7. The van der Waals surface area contributed by atoms with Gasteiger partial charge in [-0.2, -0.15) is 5.10 Å². The molecule has 4 rings (SSSR count). The zero-order valence-electron chi connectivity index (χ0n) is 18.7. The molecule has 0 unspecified atom stereocenters. The van der Waals surface area contributed by atoms with Crippen LogP contribution in [-0.2, 0) is 0 Å². The van der Waals surface area contributed by atoms with Crippen LogP contribution in [0.3, 0.4) is 0 Å². The lowest BCUT2D eigenvalue weighted by Crippen LogP contribution is -2.17. The van der Waals surface area contributed by atoms with Crippen LogP contribution in [-0.4, -0.2) is 37.4 Å². The van der Waals surface area contributed by atoms with Gasteiger partial charge in [0.05, 0.1) is 25.5 Å². The van der Waals surface area contributed by atoms with Crippen LogP contribution in [0.2, 0.25) is 5.02 Å². The molecule has 0 spiro atoms. The van der Waals surface area contributed by atoms with Crippen LogP contribution in [0, 0.1) is 0 Å². The molecular formula is C25H20ClN3O6. The summed E-state index contributed by atoms with van der Waals surface area (Å²) in [6, 6.07) is 15.9. The van der Waals surface area contributed by atoms with E-state index in [4.69, 9.17) is 25.5 Å². The highest BCUT2D eigenvalue weighted by atomic mass is 35.5. The Morgan fingerprint density at radius 2 is 1.83 bits per heavy atom. The summed E-state index contributed by atoms with van der Waals surface area (Å²) in [7, 11) is 3.04. The van der Waals surface area contributed by atoms with E-state index in [1.807, 2.05) is 0 Å². The topological polar surface area (TPSA) is 122 Å². The highest BCUT2D eigenvalue weighted by molar-refractivity contribution is 6.32. The Balaban J connectivity index is 1.44. The molecule has 4 aromatic rings. The number of benzene rings is 3. The highest BCUT2D eigenvalue weighted by Gasteiger charge is 2.14. The largest absolute Gasteiger partial charge is 0.506 e. The number of hydrogen-bond donors (Lipinski definition) is 3. The summed E-state index contributed by atoms with van der Waals surface area (Å²) >= 11 is 5.82. The number of methoxy groups -OCH3 is 2. The first-order valence-electron chi connectivity index (χ1n) is 10.3. The molecule has 0 bridgehead atoms. The maximum atomic E-state index is 12.7. The fourth-order valence-electron chi connectivity index (χ4n) is 3.22. The van der Waals surface area contributed by atoms with Crippen LogP contribution in [0.1, 0.15) is 26.5 Å². The van der Waals surface area contributed by atoms with E-state index in [-0.39, 0.29) is 22.1 Å². The summed E-state index contributed by atoms with van der Waals surface area (Å²) < 4.78 is 16.2. The van der Waals surface area contributed by atoms with Gasteiger partial charge < -0.3 is 24.3 Å². The Bertz CT molecular complexity index is 1450. The number of phenols is 1. The van der Waals surface area contributed by atoms with E-state index in [9.17, 15) is 14.7 Å². The molecule has 3 aromatic carbocycles. The minimum atomic E-state index is -0.505. The Kier molecular flexibility index (Phi) is 6.88. The molecule has 35 heavy (non-hydrogen) atoms. The van der Waals surface area contributed by atoms with Crippen molar-refractivity contribution in [2.45, 2.75) is 0 Å². The predicted octanol–water partition coefficient (Wildman–Crippen LogP) is 4.83. The summed E-state index contributed by atoms with van der Waals surface area (Å²) in [5.74, 6) is 0.176. The minimum Gasteiger partial charge on any atom is -0.506 e. The van der Waals surface area contributed by atoms with Gasteiger partial charge in [0, 0.05) is 28.3 Å². The molecule has 0 atom stereocenters. The first-order chi connectivity index (χ1) is 16.9. The third kappa shape index (κ3) is 5.36. The first-order valence-corrected chi connectivity index (χ1v) is 10.6. The second kappa shape index (κ2) is 10.2. The number of phenolic OH excluding ortho intramolecular Hbond substituents is 1. The highest BCUT2D eigenvalue weighted by Crippen LogP contribution is 2.26. The van der Waals surface area contributed by atoms with Crippen molar-refractivity contribution in [2.24, 2.45) is 5.10 Å². The number of hydrazone groups is 1. The second-order valence-corrected chi connectivity index (χ2v) is 7.70. The normalized spacial score (nSPS) is 10.9. The van der Waals surface area contributed by atoms with Gasteiger partial charge in [-0.15, -0.1) is 0 Å². The molecule has 0 aliphatic rings. The zero-order valence-corrected chi connectivity index (χ0v) is 19.4. The average Bonchev–Trinajstić information content (AvgIpc) is 3.30. The molecule has 1 heterocycles. The van der Waals surface area contributed by atoms with Crippen molar-refractivity contribution in [1.29, 1.82) is 0 Å². The van der Waals surface area contributed by atoms with Gasteiger partial charge in [0.2, 0.25) is 0 Å². The molecule has 0 fully saturated rings. The number of aromatic hydroxyl groups is 1. The average molecular weight is 494 g/mol. The molecule has 0 saturated carbocycles. The molecule has 0 saturated heterocycles. The number of fused-ring (bicyclic) bond motifs is 1. The van der Waals surface area contributed by atoms with Crippen LogP contribution in [0.5, 0.6) is 17.2 Å². The Morgan fingerprint density at radius 1 is 1.00 bits per heavy atom. The molecule has 178 valence electrons. The Morgan fingerprint density at radius 3 is 2.57 bits per heavy atom. The number of carbonyl (C=O) groups is 2. The van der Waals surface area contributed by atoms with Crippen molar-refractivity contribution in [3.63, 3.8) is 0 Å². The summed E-state index contributed by atoms with van der Waals surface area (Å²) in [6.07, 6.45) is 1.40. The molecule has 1 aromatic heterocycles. The monoisotopic (exact) mass is 493 g/mol. The van der Waals surface area contributed by atoms with E-state index < -0.39 is 11.8 Å². The lowest BCUT2D eigenvalue weighted by molar-refractivity contribution is 0.0953. The number of hydrogen-bond acceptors (Lipinski definition) is 7. The lowest BCUT2D eigenvalue weighted by atomic mass is 10.2. The van der Waals surface area contributed by atoms with Crippen LogP contribution in [0.4, 0.5) is 5.69 Å². The van der Waals surface area contributed by atoms with Crippen LogP contribution >= 0.6 is 11.6 Å². The Hall–Kier alpha value is -4.50. The van der Waals surface area contributed by atoms with Gasteiger partial charge in [-0.05, 0) is 54.6 Å². The van der Waals surface area contributed by atoms with Gasteiger partial charge in [0.25, 0.3) is 11.8 Å². The number of halogens is 1. The number of nitrogens with one attached hydrogen (secondary N) is 2. The van der Waals surface area contributed by atoms with Crippen LogP contribution in [0.15, 0.2) is 70.2 Å². The van der Waals surface area contributed by atoms with Gasteiger partial charge in [-0.1, -0.05) is 11.6 Å². The molecule has 10 heteroatoms. The SMILES string of the molecule is COc1ccc2oc(C(=O)Nc3ccc(C=NNC(=O)c4ccc(O)c(Cl)c4)c(OC)c3)cc2c1. The quantitative estimate of drug-likeness (QED) is 0.250. The van der Waals surface area contributed by atoms with Crippen LogP contribution in [0.25, 0.3) is 11.0 Å².